The number of carbonyl (C=O) groups excluding carboxylic acids is 1. The number of rotatable bonds is 1. The predicted molar refractivity (Wildman–Crippen MR) is 52.8 cm³/mol. The van der Waals surface area contributed by atoms with Crippen LogP contribution in [0.25, 0.3) is 0 Å². The maximum Gasteiger partial charge on any atom is 0.270 e. The quantitative estimate of drug-likeness (QED) is 0.497. The summed E-state index contributed by atoms with van der Waals surface area (Å²) in [7, 11) is 0. The van der Waals surface area contributed by atoms with Crippen LogP contribution in [-0.2, 0) is 4.79 Å². The molecule has 3 heteroatoms. The van der Waals surface area contributed by atoms with Crippen molar-refractivity contribution in [3.05, 3.63) is 11.6 Å². The summed E-state index contributed by atoms with van der Waals surface area (Å²) in [6.45, 7) is 0. The summed E-state index contributed by atoms with van der Waals surface area (Å²) < 4.78 is 0. The molecule has 1 spiro atoms. The lowest BCUT2D eigenvalue weighted by molar-refractivity contribution is -0.125. The highest BCUT2D eigenvalue weighted by Crippen LogP contribution is 2.48. The molecule has 2 N–H and O–H groups in total. The van der Waals surface area contributed by atoms with Gasteiger partial charge in [0, 0.05) is 5.57 Å². The van der Waals surface area contributed by atoms with Gasteiger partial charge in [-0.1, -0.05) is 18.9 Å². The Morgan fingerprint density at radius 1 is 1.36 bits per heavy atom. The Morgan fingerprint density at radius 2 is 2.07 bits per heavy atom. The Bertz CT molecular complexity index is 264. The highest BCUT2D eigenvalue weighted by Gasteiger charge is 2.35. The van der Waals surface area contributed by atoms with E-state index in [2.05, 4.69) is 0 Å². The van der Waals surface area contributed by atoms with Gasteiger partial charge in [0.05, 0.1) is 0 Å². The monoisotopic (exact) mass is 195 g/mol. The van der Waals surface area contributed by atoms with E-state index in [0.717, 1.165) is 24.8 Å². The van der Waals surface area contributed by atoms with E-state index in [1.54, 1.807) is 5.48 Å². The van der Waals surface area contributed by atoms with Crippen molar-refractivity contribution in [1.29, 1.82) is 0 Å². The van der Waals surface area contributed by atoms with Gasteiger partial charge in [-0.3, -0.25) is 10.0 Å². The van der Waals surface area contributed by atoms with E-state index in [1.807, 2.05) is 6.08 Å². The third kappa shape index (κ3) is 1.69. The molecule has 0 aliphatic heterocycles. The highest BCUT2D eigenvalue weighted by atomic mass is 16.5. The van der Waals surface area contributed by atoms with Gasteiger partial charge in [-0.2, -0.15) is 0 Å². The van der Waals surface area contributed by atoms with Crippen molar-refractivity contribution in [2.24, 2.45) is 5.41 Å². The molecule has 0 heterocycles. The fraction of sp³-hybridized carbons (Fsp3) is 0.727. The highest BCUT2D eigenvalue weighted by molar-refractivity contribution is 5.92. The van der Waals surface area contributed by atoms with Gasteiger partial charge >= 0.3 is 0 Å². The summed E-state index contributed by atoms with van der Waals surface area (Å²) in [5.74, 6) is -0.321. The lowest BCUT2D eigenvalue weighted by Gasteiger charge is -2.31. The second-order valence-electron chi connectivity index (χ2n) is 4.58. The molecule has 1 saturated carbocycles. The Hall–Kier alpha value is -0.830. The molecule has 2 aliphatic rings. The molecule has 0 aromatic heterocycles. The minimum atomic E-state index is -0.321. The van der Waals surface area contributed by atoms with Gasteiger partial charge in [0.1, 0.15) is 0 Å². The van der Waals surface area contributed by atoms with E-state index in [4.69, 9.17) is 5.21 Å². The number of carbonyl (C=O) groups is 1. The van der Waals surface area contributed by atoms with E-state index < -0.39 is 0 Å². The van der Waals surface area contributed by atoms with Crippen LogP contribution in [-0.4, -0.2) is 11.1 Å². The zero-order valence-corrected chi connectivity index (χ0v) is 8.38. The van der Waals surface area contributed by atoms with Crippen molar-refractivity contribution in [3.8, 4) is 0 Å². The second kappa shape index (κ2) is 3.73. The van der Waals surface area contributed by atoms with Gasteiger partial charge in [-0.05, 0) is 37.5 Å². The van der Waals surface area contributed by atoms with Crippen molar-refractivity contribution < 1.29 is 10.0 Å². The molecule has 0 unspecified atom stereocenters. The molecule has 2 rings (SSSR count). The lowest BCUT2D eigenvalue weighted by atomic mass is 9.74. The number of allylic oxidation sites excluding steroid dienone is 1. The van der Waals surface area contributed by atoms with Gasteiger partial charge in [0.2, 0.25) is 0 Å². The number of amides is 1. The molecule has 1 amide bonds. The maximum absolute atomic E-state index is 11.1. The third-order valence-electron chi connectivity index (χ3n) is 3.76. The van der Waals surface area contributed by atoms with E-state index >= 15 is 0 Å². The number of nitrogens with one attached hydrogen (secondary N) is 1. The van der Waals surface area contributed by atoms with E-state index in [1.165, 1.54) is 25.7 Å². The summed E-state index contributed by atoms with van der Waals surface area (Å²) in [6.07, 6.45) is 10.3. The zero-order chi connectivity index (χ0) is 10.0. The summed E-state index contributed by atoms with van der Waals surface area (Å²) >= 11 is 0. The third-order valence-corrected chi connectivity index (χ3v) is 3.76. The molecule has 78 valence electrons. The van der Waals surface area contributed by atoms with Gasteiger partial charge in [-0.25, -0.2) is 5.48 Å². The average molecular weight is 195 g/mol. The first-order chi connectivity index (χ1) is 6.76. The van der Waals surface area contributed by atoms with Crippen LogP contribution >= 0.6 is 0 Å². The maximum atomic E-state index is 11.1. The lowest BCUT2D eigenvalue weighted by Crippen LogP contribution is -2.26. The van der Waals surface area contributed by atoms with Crippen LogP contribution in [0.2, 0.25) is 0 Å². The zero-order valence-electron chi connectivity index (χ0n) is 8.38. The van der Waals surface area contributed by atoms with Crippen molar-refractivity contribution in [2.75, 3.05) is 0 Å². The fourth-order valence-corrected chi connectivity index (χ4v) is 2.80. The van der Waals surface area contributed by atoms with E-state index in [9.17, 15) is 4.79 Å². The van der Waals surface area contributed by atoms with Crippen LogP contribution in [0, 0.1) is 5.41 Å². The second-order valence-corrected chi connectivity index (χ2v) is 4.58. The van der Waals surface area contributed by atoms with Crippen LogP contribution in [0.1, 0.15) is 44.9 Å². The van der Waals surface area contributed by atoms with Crippen molar-refractivity contribution in [3.63, 3.8) is 0 Å². The summed E-state index contributed by atoms with van der Waals surface area (Å²) in [5, 5.41) is 8.50. The summed E-state index contributed by atoms with van der Waals surface area (Å²) in [5.41, 5.74) is 2.96. The van der Waals surface area contributed by atoms with Crippen LogP contribution in [0.5, 0.6) is 0 Å². The predicted octanol–water partition coefficient (Wildman–Crippen LogP) is 2.16. The van der Waals surface area contributed by atoms with Crippen LogP contribution < -0.4 is 5.48 Å². The molecule has 0 aromatic rings. The normalized spacial score (nSPS) is 24.8. The SMILES string of the molecule is O=C(NO)C1=CCC2(CCCC2)CC1. The molecule has 0 aromatic carbocycles. The standard InChI is InChI=1S/C11H17NO2/c13-10(12-14)9-3-7-11(8-4-9)5-1-2-6-11/h3,14H,1-2,4-8H2,(H,12,13). The van der Waals surface area contributed by atoms with Crippen LogP contribution in [0.15, 0.2) is 11.6 Å². The Labute approximate surface area is 84.1 Å². The van der Waals surface area contributed by atoms with Gasteiger partial charge in [-0.15, -0.1) is 0 Å². The Balaban J connectivity index is 2.02. The van der Waals surface area contributed by atoms with Gasteiger partial charge in [0.15, 0.2) is 0 Å². The van der Waals surface area contributed by atoms with E-state index in [0.29, 0.717) is 5.41 Å². The Morgan fingerprint density at radius 3 is 2.57 bits per heavy atom. The molecule has 0 saturated heterocycles. The van der Waals surface area contributed by atoms with E-state index in [-0.39, 0.29) is 5.91 Å². The molecule has 3 nitrogen and oxygen atoms in total. The fourth-order valence-electron chi connectivity index (χ4n) is 2.80. The summed E-state index contributed by atoms with van der Waals surface area (Å²) in [6, 6.07) is 0. The van der Waals surface area contributed by atoms with Gasteiger partial charge in [0.25, 0.3) is 5.91 Å². The first-order valence-electron chi connectivity index (χ1n) is 5.39. The first kappa shape index (κ1) is 9.71. The average Bonchev–Trinajstić information content (AvgIpc) is 2.67. The molecular weight excluding hydrogens is 178 g/mol. The molecule has 0 radical (unpaired) electrons. The molecular formula is C11H17NO2. The van der Waals surface area contributed by atoms with Crippen molar-refractivity contribution in [2.45, 2.75) is 44.9 Å². The van der Waals surface area contributed by atoms with Crippen LogP contribution in [0.3, 0.4) is 0 Å². The molecule has 0 bridgehead atoms. The first-order valence-corrected chi connectivity index (χ1v) is 5.39. The molecule has 0 atom stereocenters. The molecule has 14 heavy (non-hydrogen) atoms. The Kier molecular flexibility index (Phi) is 2.59. The van der Waals surface area contributed by atoms with Crippen molar-refractivity contribution >= 4 is 5.91 Å². The van der Waals surface area contributed by atoms with Crippen molar-refractivity contribution in [1.82, 2.24) is 5.48 Å². The number of hydrogen-bond donors (Lipinski definition) is 2. The smallest absolute Gasteiger partial charge is 0.270 e. The van der Waals surface area contributed by atoms with Gasteiger partial charge < -0.3 is 0 Å². The largest absolute Gasteiger partial charge is 0.288 e. The minimum Gasteiger partial charge on any atom is -0.288 e. The molecule has 2 aliphatic carbocycles. The number of hydroxylamine groups is 1. The molecule has 1 fully saturated rings. The summed E-state index contributed by atoms with van der Waals surface area (Å²) in [4.78, 5) is 11.1. The topological polar surface area (TPSA) is 49.3 Å². The minimum absolute atomic E-state index is 0.321. The number of hydrogen-bond acceptors (Lipinski definition) is 2. The van der Waals surface area contributed by atoms with Crippen LogP contribution in [0.4, 0.5) is 0 Å².